The molecule has 1 fully saturated rings. The fraction of sp³-hybridized carbons (Fsp3) is 0.500. The van der Waals surface area contributed by atoms with Crippen molar-refractivity contribution in [2.24, 2.45) is 0 Å². The number of nitrogens with one attached hydrogen (secondary N) is 1. The second kappa shape index (κ2) is 4.05. The Hall–Kier alpha value is -1.42. The lowest BCUT2D eigenvalue weighted by molar-refractivity contribution is -0.128. The van der Waals surface area contributed by atoms with Gasteiger partial charge in [0.2, 0.25) is 0 Å². The first kappa shape index (κ1) is 11.7. The highest BCUT2D eigenvalue weighted by Crippen LogP contribution is 2.51. The first-order valence-corrected chi connectivity index (χ1v) is 6.39. The summed E-state index contributed by atoms with van der Waals surface area (Å²) in [5.74, 6) is -0.803. The number of fused-ring (bicyclic) bond motifs is 3. The molecule has 2 unspecified atom stereocenters. The van der Waals surface area contributed by atoms with Crippen LogP contribution in [0.5, 0.6) is 0 Å². The van der Waals surface area contributed by atoms with E-state index in [1.54, 1.807) is 0 Å². The van der Waals surface area contributed by atoms with Gasteiger partial charge in [-0.1, -0.05) is 12.1 Å². The lowest BCUT2D eigenvalue weighted by atomic mass is 9.81. The van der Waals surface area contributed by atoms with E-state index in [4.69, 9.17) is 5.11 Å². The Morgan fingerprint density at radius 3 is 3.11 bits per heavy atom. The lowest BCUT2D eigenvalue weighted by Gasteiger charge is -2.33. The minimum Gasteiger partial charge on any atom is -0.396 e. The van der Waals surface area contributed by atoms with Gasteiger partial charge in [-0.3, -0.25) is 4.79 Å². The van der Waals surface area contributed by atoms with E-state index in [-0.39, 0.29) is 12.5 Å². The number of aliphatic hydroxyl groups excluding tert-OH is 1. The van der Waals surface area contributed by atoms with Crippen LogP contribution in [0.15, 0.2) is 18.2 Å². The Morgan fingerprint density at radius 1 is 1.50 bits per heavy atom. The molecule has 1 aliphatic carbocycles. The lowest BCUT2D eigenvalue weighted by Crippen LogP contribution is -2.44. The molecule has 1 aromatic rings. The quantitative estimate of drug-likeness (QED) is 0.843. The van der Waals surface area contributed by atoms with Crippen molar-refractivity contribution in [2.75, 3.05) is 11.9 Å². The van der Waals surface area contributed by atoms with Crippen LogP contribution >= 0.6 is 0 Å². The largest absolute Gasteiger partial charge is 0.396 e. The molecule has 0 saturated heterocycles. The molecule has 2 aliphatic rings. The fourth-order valence-electron chi connectivity index (χ4n) is 3.17. The molecule has 4 heteroatoms. The second-order valence-electron chi connectivity index (χ2n) is 5.16. The highest BCUT2D eigenvalue weighted by molar-refractivity contribution is 6.01. The number of halogens is 1. The SMILES string of the molecule is O=C1Nc2cc(CCO)ccc2C2CCCC12F. The van der Waals surface area contributed by atoms with Crippen molar-refractivity contribution in [3.05, 3.63) is 29.3 Å². The number of anilines is 1. The summed E-state index contributed by atoms with van der Waals surface area (Å²) in [4.78, 5) is 11.9. The molecule has 0 aromatic heterocycles. The minimum absolute atomic E-state index is 0.0726. The predicted molar refractivity (Wildman–Crippen MR) is 66.3 cm³/mol. The molecule has 18 heavy (non-hydrogen) atoms. The normalized spacial score (nSPS) is 29.7. The van der Waals surface area contributed by atoms with Crippen LogP contribution in [0.2, 0.25) is 0 Å². The Labute approximate surface area is 105 Å². The van der Waals surface area contributed by atoms with Gasteiger partial charge in [-0.25, -0.2) is 4.39 Å². The average molecular weight is 249 g/mol. The van der Waals surface area contributed by atoms with E-state index in [1.165, 1.54) is 0 Å². The molecule has 1 aromatic carbocycles. The van der Waals surface area contributed by atoms with Crippen molar-refractivity contribution >= 4 is 11.6 Å². The zero-order valence-corrected chi connectivity index (χ0v) is 10.1. The standard InChI is InChI=1S/C14H16FNO2/c15-14-6-1-2-11(14)10-4-3-9(5-7-17)8-12(10)16-13(14)18/h3-4,8,11,17H,1-2,5-7H2,(H,16,18). The number of hydrogen-bond donors (Lipinski definition) is 2. The van der Waals surface area contributed by atoms with Crippen LogP contribution in [0.4, 0.5) is 10.1 Å². The van der Waals surface area contributed by atoms with Crippen molar-refractivity contribution < 1.29 is 14.3 Å². The van der Waals surface area contributed by atoms with Gasteiger partial charge in [0, 0.05) is 18.2 Å². The van der Waals surface area contributed by atoms with Crippen molar-refractivity contribution in [3.8, 4) is 0 Å². The van der Waals surface area contributed by atoms with Crippen LogP contribution in [-0.4, -0.2) is 23.3 Å². The number of amides is 1. The third-order valence-corrected chi connectivity index (χ3v) is 4.11. The fourth-order valence-corrected chi connectivity index (χ4v) is 3.17. The Kier molecular flexibility index (Phi) is 2.63. The van der Waals surface area contributed by atoms with Gasteiger partial charge in [0.25, 0.3) is 5.91 Å². The highest BCUT2D eigenvalue weighted by Gasteiger charge is 2.53. The first-order valence-electron chi connectivity index (χ1n) is 6.39. The molecule has 3 nitrogen and oxygen atoms in total. The van der Waals surface area contributed by atoms with Gasteiger partial charge >= 0.3 is 0 Å². The topological polar surface area (TPSA) is 49.3 Å². The summed E-state index contributed by atoms with van der Waals surface area (Å²) in [7, 11) is 0. The molecule has 0 radical (unpaired) electrons. The summed E-state index contributed by atoms with van der Waals surface area (Å²) in [6.07, 6.45) is 2.36. The summed E-state index contributed by atoms with van der Waals surface area (Å²) in [6, 6.07) is 5.65. The monoisotopic (exact) mass is 249 g/mol. The number of benzene rings is 1. The molecule has 1 aliphatic heterocycles. The van der Waals surface area contributed by atoms with Crippen LogP contribution < -0.4 is 5.32 Å². The maximum atomic E-state index is 14.6. The van der Waals surface area contributed by atoms with Crippen LogP contribution in [0, 0.1) is 0 Å². The molecular formula is C14H16FNO2. The molecule has 2 atom stereocenters. The highest BCUT2D eigenvalue weighted by atomic mass is 19.1. The van der Waals surface area contributed by atoms with Crippen molar-refractivity contribution in [1.29, 1.82) is 0 Å². The molecule has 1 amide bonds. The molecule has 0 bridgehead atoms. The zero-order chi connectivity index (χ0) is 12.8. The number of carbonyl (C=O) groups is 1. The van der Waals surface area contributed by atoms with Gasteiger partial charge in [-0.15, -0.1) is 0 Å². The van der Waals surface area contributed by atoms with E-state index in [1.807, 2.05) is 18.2 Å². The van der Waals surface area contributed by atoms with Crippen molar-refractivity contribution in [1.82, 2.24) is 0 Å². The average Bonchev–Trinajstić information content (AvgIpc) is 2.74. The van der Waals surface area contributed by atoms with Crippen LogP contribution in [0.3, 0.4) is 0 Å². The number of rotatable bonds is 2. The number of hydrogen-bond acceptors (Lipinski definition) is 2. The van der Waals surface area contributed by atoms with Crippen molar-refractivity contribution in [2.45, 2.75) is 37.3 Å². The Bertz CT molecular complexity index is 503. The zero-order valence-electron chi connectivity index (χ0n) is 10.1. The van der Waals surface area contributed by atoms with E-state index < -0.39 is 11.6 Å². The summed E-state index contributed by atoms with van der Waals surface area (Å²) in [6.45, 7) is 0.0726. The first-order chi connectivity index (χ1) is 8.65. The molecule has 0 spiro atoms. The predicted octanol–water partition coefficient (Wildman–Crippen LogP) is 2.15. The third-order valence-electron chi connectivity index (χ3n) is 4.11. The Balaban J connectivity index is 2.03. The molecular weight excluding hydrogens is 233 g/mol. The molecule has 1 heterocycles. The molecule has 96 valence electrons. The van der Waals surface area contributed by atoms with Crippen molar-refractivity contribution in [3.63, 3.8) is 0 Å². The Morgan fingerprint density at radius 2 is 2.33 bits per heavy atom. The van der Waals surface area contributed by atoms with Gasteiger partial charge in [-0.2, -0.15) is 0 Å². The molecule has 2 N–H and O–H groups in total. The summed E-state index contributed by atoms with van der Waals surface area (Å²) >= 11 is 0. The summed E-state index contributed by atoms with van der Waals surface area (Å²) < 4.78 is 14.6. The van der Waals surface area contributed by atoms with Gasteiger partial charge in [0.15, 0.2) is 5.67 Å². The molecule has 3 rings (SSSR count). The van der Waals surface area contributed by atoms with Gasteiger partial charge in [0.1, 0.15) is 0 Å². The van der Waals surface area contributed by atoms with Gasteiger partial charge in [0.05, 0.1) is 0 Å². The maximum Gasteiger partial charge on any atom is 0.262 e. The second-order valence-corrected chi connectivity index (χ2v) is 5.16. The smallest absolute Gasteiger partial charge is 0.262 e. The van der Waals surface area contributed by atoms with Crippen LogP contribution in [-0.2, 0) is 11.2 Å². The number of carbonyl (C=O) groups excluding carboxylic acids is 1. The van der Waals surface area contributed by atoms with E-state index in [9.17, 15) is 9.18 Å². The van der Waals surface area contributed by atoms with E-state index in [0.717, 1.165) is 24.0 Å². The van der Waals surface area contributed by atoms with Crippen LogP contribution in [0.1, 0.15) is 36.3 Å². The van der Waals surface area contributed by atoms with E-state index in [2.05, 4.69) is 5.32 Å². The van der Waals surface area contributed by atoms with E-state index in [0.29, 0.717) is 18.5 Å². The van der Waals surface area contributed by atoms with E-state index >= 15 is 0 Å². The summed E-state index contributed by atoms with van der Waals surface area (Å²) in [5, 5.41) is 11.6. The summed E-state index contributed by atoms with van der Waals surface area (Å²) in [5.41, 5.74) is 0.856. The molecule has 1 saturated carbocycles. The van der Waals surface area contributed by atoms with Gasteiger partial charge in [-0.05, 0) is 42.9 Å². The minimum atomic E-state index is -1.72. The maximum absolute atomic E-state index is 14.6. The van der Waals surface area contributed by atoms with Crippen LogP contribution in [0.25, 0.3) is 0 Å². The number of aliphatic hydroxyl groups is 1. The third kappa shape index (κ3) is 1.56. The number of alkyl halides is 1. The van der Waals surface area contributed by atoms with Gasteiger partial charge < -0.3 is 10.4 Å².